The molecule has 256 valence electrons. The van der Waals surface area contributed by atoms with Crippen molar-refractivity contribution in [3.8, 4) is 0 Å². The number of benzene rings is 2. The smallest absolute Gasteiger partial charge is 0.416 e. The number of aromatic nitrogens is 2. The Bertz CT molecular complexity index is 1510. The van der Waals surface area contributed by atoms with E-state index in [1.54, 1.807) is 28.9 Å². The molecule has 12 heteroatoms. The molecule has 2 aliphatic carbocycles. The summed E-state index contributed by atoms with van der Waals surface area (Å²) in [5.74, 6) is 0.584. The molecule has 2 aliphatic rings. The summed E-state index contributed by atoms with van der Waals surface area (Å²) in [5, 5.41) is 4.50. The Morgan fingerprint density at radius 2 is 1.51 bits per heavy atom. The maximum atomic E-state index is 13.7. The molecule has 6 nitrogen and oxygen atoms in total. The van der Waals surface area contributed by atoms with Crippen LogP contribution in [0.5, 0.6) is 0 Å². The standard InChI is InChI=1S/C35H42F6N4O2/c1-4-44(20-23-9-11-25(12-10-23)33(46)47-3)31-18-27-8-6-5-7-26(27)17-28(31)22-45(32-13-14-43(2)42-32)21-24-15-29(34(36,37)38)19-30(16-24)35(39,40)41/h13-19,23,25H,4-12,20-22H2,1-3H3. The third-order valence-corrected chi connectivity index (χ3v) is 9.53. The van der Waals surface area contributed by atoms with Gasteiger partial charge < -0.3 is 14.5 Å². The van der Waals surface area contributed by atoms with Crippen LogP contribution in [-0.2, 0) is 54.9 Å². The molecule has 3 aromatic rings. The molecule has 1 aromatic heterocycles. The van der Waals surface area contributed by atoms with Crippen molar-refractivity contribution in [1.82, 2.24) is 9.78 Å². The molecule has 5 rings (SSSR count). The first-order chi connectivity index (χ1) is 22.2. The molecular formula is C35H42F6N4O2. The lowest BCUT2D eigenvalue weighted by Gasteiger charge is -2.35. The number of ether oxygens (including phenoxy) is 1. The normalized spacial score (nSPS) is 18.5. The van der Waals surface area contributed by atoms with E-state index in [0.29, 0.717) is 11.7 Å². The molecule has 0 radical (unpaired) electrons. The lowest BCUT2D eigenvalue weighted by Crippen LogP contribution is -2.34. The predicted molar refractivity (Wildman–Crippen MR) is 168 cm³/mol. The molecule has 0 saturated heterocycles. The van der Waals surface area contributed by atoms with Crippen molar-refractivity contribution in [3.05, 3.63) is 76.0 Å². The molecule has 0 aliphatic heterocycles. The van der Waals surface area contributed by atoms with Crippen LogP contribution >= 0.6 is 0 Å². The van der Waals surface area contributed by atoms with E-state index in [-0.39, 0.29) is 36.6 Å². The number of halogens is 6. The number of anilines is 2. The molecule has 1 heterocycles. The number of aryl methyl sites for hydroxylation is 3. The first-order valence-corrected chi connectivity index (χ1v) is 16.3. The Morgan fingerprint density at radius 3 is 2.04 bits per heavy atom. The summed E-state index contributed by atoms with van der Waals surface area (Å²) in [5.41, 5.74) is 1.69. The van der Waals surface area contributed by atoms with Crippen molar-refractivity contribution >= 4 is 17.5 Å². The first kappa shape index (κ1) is 34.6. The Kier molecular flexibility index (Phi) is 10.5. The van der Waals surface area contributed by atoms with Crippen molar-refractivity contribution in [2.24, 2.45) is 18.9 Å². The molecule has 0 bridgehead atoms. The predicted octanol–water partition coefficient (Wildman–Crippen LogP) is 8.35. The number of rotatable bonds is 10. The van der Waals surface area contributed by atoms with Gasteiger partial charge in [-0.25, -0.2) is 0 Å². The number of alkyl halides is 6. The highest BCUT2D eigenvalue weighted by atomic mass is 19.4. The van der Waals surface area contributed by atoms with Gasteiger partial charge in [-0.1, -0.05) is 6.07 Å². The van der Waals surface area contributed by atoms with Crippen LogP contribution in [0.3, 0.4) is 0 Å². The molecule has 0 atom stereocenters. The van der Waals surface area contributed by atoms with Gasteiger partial charge in [-0.2, -0.15) is 31.4 Å². The first-order valence-electron chi connectivity index (χ1n) is 16.3. The van der Waals surface area contributed by atoms with Gasteiger partial charge in [-0.05, 0) is 111 Å². The highest BCUT2D eigenvalue weighted by Gasteiger charge is 2.37. The van der Waals surface area contributed by atoms with E-state index < -0.39 is 23.5 Å². The van der Waals surface area contributed by atoms with E-state index in [1.165, 1.54) is 18.2 Å². The van der Waals surface area contributed by atoms with Gasteiger partial charge in [0.1, 0.15) is 0 Å². The molecule has 1 saturated carbocycles. The molecule has 0 amide bonds. The van der Waals surface area contributed by atoms with Crippen LogP contribution in [0.1, 0.15) is 78.8 Å². The van der Waals surface area contributed by atoms with Gasteiger partial charge in [0, 0.05) is 51.2 Å². The Morgan fingerprint density at radius 1 is 0.894 bits per heavy atom. The summed E-state index contributed by atoms with van der Waals surface area (Å²) in [6.45, 7) is 3.62. The maximum absolute atomic E-state index is 13.7. The van der Waals surface area contributed by atoms with Crippen LogP contribution in [0.2, 0.25) is 0 Å². The van der Waals surface area contributed by atoms with Crippen LogP contribution in [0, 0.1) is 11.8 Å². The molecular weight excluding hydrogens is 622 g/mol. The van der Waals surface area contributed by atoms with Gasteiger partial charge >= 0.3 is 18.3 Å². The van der Waals surface area contributed by atoms with E-state index in [9.17, 15) is 31.1 Å². The van der Waals surface area contributed by atoms with Crippen LogP contribution in [0.25, 0.3) is 0 Å². The summed E-state index contributed by atoms with van der Waals surface area (Å²) in [4.78, 5) is 16.2. The Hall–Kier alpha value is -3.70. The number of fused-ring (bicyclic) bond motifs is 1. The quantitative estimate of drug-likeness (QED) is 0.161. The minimum Gasteiger partial charge on any atom is -0.469 e. The zero-order chi connectivity index (χ0) is 33.9. The molecule has 0 unspecified atom stereocenters. The number of hydrogen-bond acceptors (Lipinski definition) is 5. The van der Waals surface area contributed by atoms with Crippen LogP contribution in [0.4, 0.5) is 37.8 Å². The molecule has 1 fully saturated rings. The van der Waals surface area contributed by atoms with Gasteiger partial charge in [0.25, 0.3) is 0 Å². The van der Waals surface area contributed by atoms with E-state index >= 15 is 0 Å². The third kappa shape index (κ3) is 8.43. The topological polar surface area (TPSA) is 50.6 Å². The van der Waals surface area contributed by atoms with Crippen LogP contribution < -0.4 is 9.80 Å². The summed E-state index contributed by atoms with van der Waals surface area (Å²) in [6, 6.07) is 7.87. The second-order valence-corrected chi connectivity index (χ2v) is 12.9. The largest absolute Gasteiger partial charge is 0.469 e. The summed E-state index contributed by atoms with van der Waals surface area (Å²) in [6.07, 6.45) is -0.810. The van der Waals surface area contributed by atoms with Crippen molar-refractivity contribution in [3.63, 3.8) is 0 Å². The Balaban J connectivity index is 1.50. The summed E-state index contributed by atoms with van der Waals surface area (Å²) >= 11 is 0. The molecule has 2 aromatic carbocycles. The van der Waals surface area contributed by atoms with Gasteiger partial charge in [0.15, 0.2) is 5.82 Å². The van der Waals surface area contributed by atoms with Crippen LogP contribution in [0.15, 0.2) is 42.6 Å². The van der Waals surface area contributed by atoms with Crippen molar-refractivity contribution in [1.29, 1.82) is 0 Å². The Labute approximate surface area is 271 Å². The number of methoxy groups -OCH3 is 1. The number of hydrogen-bond donors (Lipinski definition) is 0. The highest BCUT2D eigenvalue weighted by Crippen LogP contribution is 2.38. The average molecular weight is 665 g/mol. The summed E-state index contributed by atoms with van der Waals surface area (Å²) in [7, 11) is 3.13. The minimum atomic E-state index is -4.94. The minimum absolute atomic E-state index is 0.0775. The third-order valence-electron chi connectivity index (χ3n) is 9.53. The lowest BCUT2D eigenvalue weighted by molar-refractivity contribution is -0.147. The van der Waals surface area contributed by atoms with E-state index in [1.807, 2.05) is 0 Å². The zero-order valence-corrected chi connectivity index (χ0v) is 27.1. The van der Waals surface area contributed by atoms with Gasteiger partial charge in [-0.3, -0.25) is 9.48 Å². The van der Waals surface area contributed by atoms with Gasteiger partial charge in [-0.15, -0.1) is 0 Å². The highest BCUT2D eigenvalue weighted by molar-refractivity contribution is 5.72. The summed E-state index contributed by atoms with van der Waals surface area (Å²) < 4.78 is 88.9. The lowest BCUT2D eigenvalue weighted by atomic mass is 9.81. The van der Waals surface area contributed by atoms with E-state index in [4.69, 9.17) is 4.74 Å². The number of carbonyl (C=O) groups is 1. The maximum Gasteiger partial charge on any atom is 0.416 e. The monoisotopic (exact) mass is 664 g/mol. The van der Waals surface area contributed by atoms with E-state index in [0.717, 1.165) is 87.8 Å². The van der Waals surface area contributed by atoms with E-state index in [2.05, 4.69) is 29.1 Å². The van der Waals surface area contributed by atoms with Crippen LogP contribution in [-0.4, -0.2) is 35.9 Å². The molecule has 47 heavy (non-hydrogen) atoms. The van der Waals surface area contributed by atoms with Crippen molar-refractivity contribution in [2.75, 3.05) is 30.0 Å². The fourth-order valence-corrected chi connectivity index (χ4v) is 7.03. The second kappa shape index (κ2) is 14.2. The average Bonchev–Trinajstić information content (AvgIpc) is 3.48. The zero-order valence-electron chi connectivity index (χ0n) is 27.1. The van der Waals surface area contributed by atoms with Gasteiger partial charge in [0.05, 0.1) is 24.2 Å². The number of esters is 1. The van der Waals surface area contributed by atoms with Crippen molar-refractivity contribution in [2.45, 2.75) is 83.7 Å². The van der Waals surface area contributed by atoms with Gasteiger partial charge in [0.2, 0.25) is 0 Å². The SMILES string of the molecule is CCN(CC1CCC(C(=O)OC)CC1)c1cc2c(cc1CN(Cc1cc(C(F)(F)F)cc(C(F)(F)F)c1)c1ccn(C)n1)CCCC2. The second-order valence-electron chi connectivity index (χ2n) is 12.9. The molecule has 0 spiro atoms. The fourth-order valence-electron chi connectivity index (χ4n) is 7.03. The number of nitrogens with zero attached hydrogens (tertiary/aromatic N) is 4. The molecule has 0 N–H and O–H groups in total. The van der Waals surface area contributed by atoms with Crippen molar-refractivity contribution < 1.29 is 35.9 Å². The fraction of sp³-hybridized carbons (Fsp3) is 0.543. The number of carbonyl (C=O) groups excluding carboxylic acids is 1.